The van der Waals surface area contributed by atoms with Gasteiger partial charge in [0.05, 0.1) is 17.1 Å². The Kier molecular flexibility index (Phi) is 9.41. The van der Waals surface area contributed by atoms with Crippen molar-refractivity contribution in [3.63, 3.8) is 0 Å². The standard InChI is InChI=1S/C34H34BrClN2O3S/c1-34(2,3)23-10-15-26-29(18-23)42-33(30(26)32(39)38-25-13-11-24(36)12-14-25)37-19-22-16-27(35)31(28(17-22)40-4)41-20-21-8-6-5-7-9-21/h5-9,11-14,16-17,19,23H,10,15,18,20H2,1-4H3,(H,38,39)/t23-/m0/s1. The first-order valence-electron chi connectivity index (χ1n) is 13.9. The Morgan fingerprint density at radius 2 is 1.88 bits per heavy atom. The van der Waals surface area contributed by atoms with Gasteiger partial charge in [0.15, 0.2) is 11.5 Å². The zero-order valence-corrected chi connectivity index (χ0v) is 27.3. The van der Waals surface area contributed by atoms with Crippen LogP contribution in [0.5, 0.6) is 11.5 Å². The zero-order valence-electron chi connectivity index (χ0n) is 24.2. The number of ether oxygens (including phenoxy) is 2. The van der Waals surface area contributed by atoms with Crippen molar-refractivity contribution in [2.24, 2.45) is 16.3 Å². The summed E-state index contributed by atoms with van der Waals surface area (Å²) in [6, 6.07) is 21.0. The van der Waals surface area contributed by atoms with Gasteiger partial charge >= 0.3 is 0 Å². The number of nitrogens with one attached hydrogen (secondary N) is 1. The largest absolute Gasteiger partial charge is 0.493 e. The quantitative estimate of drug-likeness (QED) is 0.191. The van der Waals surface area contributed by atoms with Gasteiger partial charge in [-0.2, -0.15) is 0 Å². The third-order valence-electron chi connectivity index (χ3n) is 7.61. The third-order valence-corrected chi connectivity index (χ3v) is 9.61. The summed E-state index contributed by atoms with van der Waals surface area (Å²) in [6.45, 7) is 7.30. The highest BCUT2D eigenvalue weighted by atomic mass is 79.9. The number of nitrogens with zero attached hydrogens (tertiary/aromatic N) is 1. The Morgan fingerprint density at radius 1 is 1.14 bits per heavy atom. The smallest absolute Gasteiger partial charge is 0.259 e. The van der Waals surface area contributed by atoms with Gasteiger partial charge in [0.25, 0.3) is 5.91 Å². The average molecular weight is 666 g/mol. The van der Waals surface area contributed by atoms with Gasteiger partial charge in [0, 0.05) is 21.8 Å². The van der Waals surface area contributed by atoms with Crippen LogP contribution in [0.4, 0.5) is 10.7 Å². The van der Waals surface area contributed by atoms with Crippen LogP contribution in [-0.4, -0.2) is 19.2 Å². The van der Waals surface area contributed by atoms with E-state index in [0.717, 1.165) is 40.4 Å². The molecule has 0 bridgehead atoms. The number of methoxy groups -OCH3 is 1. The van der Waals surface area contributed by atoms with E-state index in [0.29, 0.717) is 45.3 Å². The molecule has 0 fully saturated rings. The normalized spacial score (nSPS) is 15.0. The molecule has 1 heterocycles. The predicted molar refractivity (Wildman–Crippen MR) is 177 cm³/mol. The molecule has 5 rings (SSSR count). The fraction of sp³-hybridized carbons (Fsp3) is 0.294. The summed E-state index contributed by atoms with van der Waals surface area (Å²) in [4.78, 5) is 19.8. The topological polar surface area (TPSA) is 59.9 Å². The SMILES string of the molecule is COc1cc(C=Nc2sc3c(c2C(=O)Nc2ccc(Cl)cc2)CC[C@H](C(C)(C)C)C3)cc(Br)c1OCc1ccccc1. The summed E-state index contributed by atoms with van der Waals surface area (Å²) >= 11 is 11.3. The van der Waals surface area contributed by atoms with Crippen molar-refractivity contribution in [1.29, 1.82) is 0 Å². The molecule has 1 aliphatic rings. The molecule has 8 heteroatoms. The van der Waals surface area contributed by atoms with Crippen molar-refractivity contribution in [1.82, 2.24) is 0 Å². The molecule has 0 spiro atoms. The summed E-state index contributed by atoms with van der Waals surface area (Å²) in [7, 11) is 1.62. The Labute approximate surface area is 265 Å². The molecule has 0 radical (unpaired) electrons. The molecular formula is C34H34BrClN2O3S. The van der Waals surface area contributed by atoms with Gasteiger partial charge in [0.2, 0.25) is 0 Å². The second-order valence-electron chi connectivity index (χ2n) is 11.5. The van der Waals surface area contributed by atoms with Crippen molar-refractivity contribution < 1.29 is 14.3 Å². The molecule has 1 aliphatic carbocycles. The van der Waals surface area contributed by atoms with Crippen molar-refractivity contribution in [2.75, 3.05) is 12.4 Å². The molecule has 5 nitrogen and oxygen atoms in total. The predicted octanol–water partition coefficient (Wildman–Crippen LogP) is 9.91. The minimum Gasteiger partial charge on any atom is -0.493 e. The Bertz CT molecular complexity index is 1590. The van der Waals surface area contributed by atoms with Crippen LogP contribution >= 0.6 is 38.9 Å². The molecule has 1 aromatic heterocycles. The number of amides is 1. The molecule has 218 valence electrons. The van der Waals surface area contributed by atoms with Gasteiger partial charge in [-0.1, -0.05) is 62.7 Å². The van der Waals surface area contributed by atoms with Crippen molar-refractivity contribution in [3.8, 4) is 11.5 Å². The number of thiophene rings is 1. The van der Waals surface area contributed by atoms with Gasteiger partial charge in [-0.3, -0.25) is 4.79 Å². The van der Waals surface area contributed by atoms with E-state index in [4.69, 9.17) is 26.1 Å². The summed E-state index contributed by atoms with van der Waals surface area (Å²) in [5, 5.41) is 4.39. The monoisotopic (exact) mass is 664 g/mol. The average Bonchev–Trinajstić information content (AvgIpc) is 3.34. The summed E-state index contributed by atoms with van der Waals surface area (Å²) in [5.41, 5.74) is 4.56. The van der Waals surface area contributed by atoms with Crippen molar-refractivity contribution >= 4 is 61.7 Å². The molecule has 0 unspecified atom stereocenters. The Balaban J connectivity index is 1.45. The van der Waals surface area contributed by atoms with Crippen LogP contribution in [0.25, 0.3) is 0 Å². The lowest BCUT2D eigenvalue weighted by Crippen LogP contribution is -2.27. The van der Waals surface area contributed by atoms with E-state index < -0.39 is 0 Å². The second kappa shape index (κ2) is 13.0. The second-order valence-corrected chi connectivity index (χ2v) is 13.9. The van der Waals surface area contributed by atoms with Crippen LogP contribution in [0.3, 0.4) is 0 Å². The highest BCUT2D eigenvalue weighted by Crippen LogP contribution is 2.45. The lowest BCUT2D eigenvalue weighted by atomic mass is 9.72. The highest BCUT2D eigenvalue weighted by Gasteiger charge is 2.33. The third kappa shape index (κ3) is 7.08. The molecule has 3 aromatic carbocycles. The van der Waals surface area contributed by atoms with Crippen molar-refractivity contribution in [3.05, 3.63) is 103 Å². The molecular weight excluding hydrogens is 632 g/mol. The first kappa shape index (κ1) is 30.3. The van der Waals surface area contributed by atoms with Crippen LogP contribution in [0.2, 0.25) is 5.02 Å². The first-order chi connectivity index (χ1) is 20.1. The number of halogens is 2. The maximum atomic E-state index is 13.7. The number of anilines is 1. The molecule has 4 aromatic rings. The molecule has 42 heavy (non-hydrogen) atoms. The summed E-state index contributed by atoms with van der Waals surface area (Å²) in [6.07, 6.45) is 4.64. The number of fused-ring (bicyclic) bond motifs is 1. The molecule has 0 aliphatic heterocycles. The zero-order chi connectivity index (χ0) is 29.9. The van der Waals surface area contributed by atoms with Crippen LogP contribution in [0.15, 0.2) is 76.2 Å². The fourth-order valence-electron chi connectivity index (χ4n) is 5.18. The Morgan fingerprint density at radius 3 is 2.57 bits per heavy atom. The van der Waals surface area contributed by atoms with Crippen LogP contribution < -0.4 is 14.8 Å². The van der Waals surface area contributed by atoms with Gasteiger partial charge < -0.3 is 14.8 Å². The van der Waals surface area contributed by atoms with E-state index in [9.17, 15) is 4.79 Å². The lowest BCUT2D eigenvalue weighted by Gasteiger charge is -2.33. The molecule has 0 saturated carbocycles. The van der Waals surface area contributed by atoms with Gasteiger partial charge in [-0.25, -0.2) is 4.99 Å². The molecule has 1 N–H and O–H groups in total. The maximum Gasteiger partial charge on any atom is 0.259 e. The number of carbonyl (C=O) groups is 1. The lowest BCUT2D eigenvalue weighted by molar-refractivity contribution is 0.102. The van der Waals surface area contributed by atoms with E-state index in [1.165, 1.54) is 4.88 Å². The van der Waals surface area contributed by atoms with Gasteiger partial charge in [-0.15, -0.1) is 11.3 Å². The first-order valence-corrected chi connectivity index (χ1v) is 15.9. The number of aliphatic imine (C=N–C) groups is 1. The van der Waals surface area contributed by atoms with Crippen LogP contribution in [0, 0.1) is 11.3 Å². The fourth-order valence-corrected chi connectivity index (χ4v) is 7.15. The van der Waals surface area contributed by atoms with Crippen LogP contribution in [0.1, 0.15) is 59.1 Å². The number of carbonyl (C=O) groups excluding carboxylic acids is 1. The van der Waals surface area contributed by atoms with Gasteiger partial charge in [0.1, 0.15) is 11.6 Å². The highest BCUT2D eigenvalue weighted by molar-refractivity contribution is 9.10. The minimum atomic E-state index is -0.153. The molecule has 1 amide bonds. The minimum absolute atomic E-state index is 0.153. The maximum absolute atomic E-state index is 13.7. The van der Waals surface area contributed by atoms with E-state index >= 15 is 0 Å². The number of rotatable bonds is 8. The van der Waals surface area contributed by atoms with Crippen LogP contribution in [-0.2, 0) is 19.4 Å². The van der Waals surface area contributed by atoms with E-state index in [1.54, 1.807) is 36.8 Å². The number of hydrogen-bond acceptors (Lipinski definition) is 5. The van der Waals surface area contributed by atoms with Gasteiger partial charge in [-0.05, 0) is 99.6 Å². The summed E-state index contributed by atoms with van der Waals surface area (Å²) in [5.74, 6) is 1.62. The number of hydrogen-bond donors (Lipinski definition) is 1. The Hall–Kier alpha value is -3.13. The molecule has 1 atom stereocenters. The van der Waals surface area contributed by atoms with Crippen molar-refractivity contribution in [2.45, 2.75) is 46.6 Å². The summed E-state index contributed by atoms with van der Waals surface area (Å²) < 4.78 is 12.5. The van der Waals surface area contributed by atoms with E-state index in [1.807, 2.05) is 54.6 Å². The van der Waals surface area contributed by atoms with E-state index in [2.05, 4.69) is 42.0 Å². The molecule has 0 saturated heterocycles. The van der Waals surface area contributed by atoms with E-state index in [-0.39, 0.29) is 11.3 Å². The number of benzene rings is 3.